The standard InChI is InChI=1S/C7H17NO4S2/c1-3-14(11,12)7-5-8-4-6-13(2,9)10/h8H,3-7H2,1-2H3. The third-order valence-corrected chi connectivity index (χ3v) is 4.33. The molecule has 0 atom stereocenters. The Balaban J connectivity index is 3.59. The van der Waals surface area contributed by atoms with Crippen LogP contribution in [0.2, 0.25) is 0 Å². The van der Waals surface area contributed by atoms with Gasteiger partial charge in [0, 0.05) is 25.1 Å². The molecule has 0 heterocycles. The quantitative estimate of drug-likeness (QED) is 0.583. The second-order valence-corrected chi connectivity index (χ2v) is 7.85. The minimum Gasteiger partial charge on any atom is -0.315 e. The Labute approximate surface area is 85.7 Å². The SMILES string of the molecule is CCS(=O)(=O)CCNCCS(C)(=O)=O. The van der Waals surface area contributed by atoms with Crippen molar-refractivity contribution in [1.82, 2.24) is 5.32 Å². The van der Waals surface area contributed by atoms with Crippen molar-refractivity contribution in [3.63, 3.8) is 0 Å². The fourth-order valence-electron chi connectivity index (χ4n) is 0.755. The molecule has 0 bridgehead atoms. The number of rotatable bonds is 7. The van der Waals surface area contributed by atoms with E-state index in [1.807, 2.05) is 0 Å². The third kappa shape index (κ3) is 8.46. The minimum absolute atomic E-state index is 0.0408. The van der Waals surface area contributed by atoms with Gasteiger partial charge in [0.2, 0.25) is 0 Å². The Bertz CT molecular complexity index is 344. The molecule has 0 aromatic carbocycles. The molecular weight excluding hydrogens is 226 g/mol. The lowest BCUT2D eigenvalue weighted by Crippen LogP contribution is -2.28. The molecular formula is C7H17NO4S2. The maximum atomic E-state index is 11.0. The smallest absolute Gasteiger partial charge is 0.151 e. The van der Waals surface area contributed by atoms with Gasteiger partial charge in [-0.05, 0) is 0 Å². The summed E-state index contributed by atoms with van der Waals surface area (Å²) >= 11 is 0. The Morgan fingerprint density at radius 3 is 1.93 bits per heavy atom. The van der Waals surface area contributed by atoms with E-state index in [9.17, 15) is 16.8 Å². The summed E-state index contributed by atoms with van der Waals surface area (Å²) in [4.78, 5) is 0. The zero-order chi connectivity index (χ0) is 11.2. The Morgan fingerprint density at radius 1 is 1.00 bits per heavy atom. The summed E-state index contributed by atoms with van der Waals surface area (Å²) in [6.45, 7) is 2.20. The summed E-state index contributed by atoms with van der Waals surface area (Å²) in [5, 5.41) is 2.77. The molecule has 0 fully saturated rings. The number of hydrogen-bond acceptors (Lipinski definition) is 5. The second kappa shape index (κ2) is 5.67. The number of sulfone groups is 2. The van der Waals surface area contributed by atoms with Crippen LogP contribution in [0.3, 0.4) is 0 Å². The van der Waals surface area contributed by atoms with E-state index in [0.29, 0.717) is 13.1 Å². The molecule has 7 heteroatoms. The zero-order valence-electron chi connectivity index (χ0n) is 8.49. The molecule has 0 amide bonds. The van der Waals surface area contributed by atoms with E-state index < -0.39 is 19.7 Å². The van der Waals surface area contributed by atoms with Gasteiger partial charge in [0.15, 0.2) is 9.84 Å². The van der Waals surface area contributed by atoms with Crippen molar-refractivity contribution in [2.75, 3.05) is 36.6 Å². The molecule has 0 saturated heterocycles. The Morgan fingerprint density at radius 2 is 1.50 bits per heavy atom. The Hall–Kier alpha value is -0.140. The predicted octanol–water partition coefficient (Wildman–Crippen LogP) is -0.945. The number of nitrogens with one attached hydrogen (secondary N) is 1. The van der Waals surface area contributed by atoms with Crippen molar-refractivity contribution in [1.29, 1.82) is 0 Å². The van der Waals surface area contributed by atoms with Crippen molar-refractivity contribution in [2.24, 2.45) is 0 Å². The lowest BCUT2D eigenvalue weighted by Gasteiger charge is -2.03. The third-order valence-electron chi connectivity index (χ3n) is 1.68. The molecule has 5 nitrogen and oxygen atoms in total. The van der Waals surface area contributed by atoms with Gasteiger partial charge in [0.25, 0.3) is 0 Å². The van der Waals surface area contributed by atoms with Crippen molar-refractivity contribution in [3.8, 4) is 0 Å². The molecule has 0 aromatic rings. The summed E-state index contributed by atoms with van der Waals surface area (Å²) in [7, 11) is -5.90. The molecule has 0 aliphatic heterocycles. The lowest BCUT2D eigenvalue weighted by atomic mass is 10.7. The highest BCUT2D eigenvalue weighted by molar-refractivity contribution is 7.91. The molecule has 86 valence electrons. The summed E-state index contributed by atoms with van der Waals surface area (Å²) in [6, 6.07) is 0. The summed E-state index contributed by atoms with van der Waals surface area (Å²) < 4.78 is 43.4. The highest BCUT2D eigenvalue weighted by atomic mass is 32.2. The molecule has 0 aliphatic rings. The second-order valence-electron chi connectivity index (χ2n) is 3.12. The van der Waals surface area contributed by atoms with Crippen LogP contribution in [0.15, 0.2) is 0 Å². The van der Waals surface area contributed by atoms with Gasteiger partial charge in [-0.2, -0.15) is 0 Å². The first-order valence-corrected chi connectivity index (χ1v) is 8.24. The molecule has 1 N–H and O–H groups in total. The zero-order valence-corrected chi connectivity index (χ0v) is 10.1. The van der Waals surface area contributed by atoms with Crippen LogP contribution >= 0.6 is 0 Å². The highest BCUT2D eigenvalue weighted by Gasteiger charge is 2.06. The van der Waals surface area contributed by atoms with Crippen LogP contribution in [-0.2, 0) is 19.7 Å². The lowest BCUT2D eigenvalue weighted by molar-refractivity contribution is 0.591. The van der Waals surface area contributed by atoms with Crippen LogP contribution in [0.25, 0.3) is 0 Å². The molecule has 0 aromatic heterocycles. The van der Waals surface area contributed by atoms with Gasteiger partial charge in [-0.3, -0.25) is 0 Å². The van der Waals surface area contributed by atoms with Gasteiger partial charge < -0.3 is 5.32 Å². The van der Waals surface area contributed by atoms with Gasteiger partial charge in [0.1, 0.15) is 9.84 Å². The van der Waals surface area contributed by atoms with E-state index in [-0.39, 0.29) is 17.3 Å². The van der Waals surface area contributed by atoms with Crippen LogP contribution in [0.4, 0.5) is 0 Å². The summed E-state index contributed by atoms with van der Waals surface area (Å²) in [5.41, 5.74) is 0. The fraction of sp³-hybridized carbons (Fsp3) is 1.00. The van der Waals surface area contributed by atoms with E-state index >= 15 is 0 Å². The van der Waals surface area contributed by atoms with Crippen molar-refractivity contribution >= 4 is 19.7 Å². The molecule has 14 heavy (non-hydrogen) atoms. The maximum absolute atomic E-state index is 11.0. The summed E-state index contributed by atoms with van der Waals surface area (Å²) in [5.74, 6) is 0.229. The van der Waals surface area contributed by atoms with E-state index in [0.717, 1.165) is 6.26 Å². The van der Waals surface area contributed by atoms with Gasteiger partial charge >= 0.3 is 0 Å². The molecule has 0 unspecified atom stereocenters. The predicted molar refractivity (Wildman–Crippen MR) is 56.9 cm³/mol. The highest BCUT2D eigenvalue weighted by Crippen LogP contribution is 1.87. The van der Waals surface area contributed by atoms with Crippen molar-refractivity contribution in [2.45, 2.75) is 6.92 Å². The summed E-state index contributed by atoms with van der Waals surface area (Å²) in [6.07, 6.45) is 1.15. The van der Waals surface area contributed by atoms with Crippen LogP contribution in [0.1, 0.15) is 6.92 Å². The first-order chi connectivity index (χ1) is 6.27. The fourth-order valence-corrected chi connectivity index (χ4v) is 2.01. The van der Waals surface area contributed by atoms with E-state index in [2.05, 4.69) is 5.32 Å². The van der Waals surface area contributed by atoms with E-state index in [4.69, 9.17) is 0 Å². The monoisotopic (exact) mass is 243 g/mol. The molecule has 0 rings (SSSR count). The van der Waals surface area contributed by atoms with E-state index in [1.165, 1.54) is 0 Å². The molecule has 0 spiro atoms. The van der Waals surface area contributed by atoms with Crippen LogP contribution in [-0.4, -0.2) is 53.4 Å². The van der Waals surface area contributed by atoms with Crippen LogP contribution in [0.5, 0.6) is 0 Å². The van der Waals surface area contributed by atoms with Crippen LogP contribution in [0, 0.1) is 0 Å². The molecule has 0 radical (unpaired) electrons. The van der Waals surface area contributed by atoms with Gasteiger partial charge in [-0.25, -0.2) is 16.8 Å². The first-order valence-electron chi connectivity index (χ1n) is 4.36. The number of hydrogen-bond donors (Lipinski definition) is 1. The van der Waals surface area contributed by atoms with Crippen molar-refractivity contribution < 1.29 is 16.8 Å². The van der Waals surface area contributed by atoms with Gasteiger partial charge in [-0.1, -0.05) is 6.92 Å². The molecule has 0 aliphatic carbocycles. The molecule has 0 saturated carbocycles. The average Bonchev–Trinajstić information content (AvgIpc) is 2.01. The minimum atomic E-state index is -2.96. The maximum Gasteiger partial charge on any atom is 0.151 e. The van der Waals surface area contributed by atoms with Gasteiger partial charge in [-0.15, -0.1) is 0 Å². The van der Waals surface area contributed by atoms with Crippen LogP contribution < -0.4 is 5.32 Å². The topological polar surface area (TPSA) is 80.3 Å². The normalized spacial score (nSPS) is 13.0. The average molecular weight is 243 g/mol. The largest absolute Gasteiger partial charge is 0.315 e. The van der Waals surface area contributed by atoms with Crippen molar-refractivity contribution in [3.05, 3.63) is 0 Å². The van der Waals surface area contributed by atoms with Gasteiger partial charge in [0.05, 0.1) is 11.5 Å². The Kier molecular flexibility index (Phi) is 5.61. The first kappa shape index (κ1) is 13.9. The van der Waals surface area contributed by atoms with E-state index in [1.54, 1.807) is 6.92 Å².